The highest BCUT2D eigenvalue weighted by Crippen LogP contribution is 2.25. The monoisotopic (exact) mass is 253 g/mol. The molecular formula is C15H15N3O. The number of hydrogen-bond acceptors (Lipinski definition) is 3. The lowest BCUT2D eigenvalue weighted by Gasteiger charge is -2.03. The van der Waals surface area contributed by atoms with Crippen molar-refractivity contribution in [3.8, 4) is 11.5 Å². The lowest BCUT2D eigenvalue weighted by atomic mass is 10.1. The van der Waals surface area contributed by atoms with E-state index in [1.165, 1.54) is 12.0 Å². The Hall–Kier alpha value is -2.36. The first-order valence-electron chi connectivity index (χ1n) is 6.20. The summed E-state index contributed by atoms with van der Waals surface area (Å²) in [6.07, 6.45) is 4.08. The summed E-state index contributed by atoms with van der Waals surface area (Å²) in [6, 6.07) is 10.3. The maximum absolute atomic E-state index is 5.55. The second-order valence-electron chi connectivity index (χ2n) is 4.54. The molecule has 0 amide bonds. The van der Waals surface area contributed by atoms with Crippen molar-refractivity contribution in [2.75, 3.05) is 0 Å². The Bertz CT molecular complexity index is 682. The fourth-order valence-corrected chi connectivity index (χ4v) is 2.11. The van der Waals surface area contributed by atoms with Crippen LogP contribution in [-0.2, 0) is 13.5 Å². The molecule has 4 heteroatoms. The summed E-state index contributed by atoms with van der Waals surface area (Å²) in [5.41, 5.74) is 3.12. The van der Waals surface area contributed by atoms with E-state index < -0.39 is 0 Å². The average molecular weight is 253 g/mol. The summed E-state index contributed by atoms with van der Waals surface area (Å²) in [5.74, 6) is 1.75. The van der Waals surface area contributed by atoms with Crippen molar-refractivity contribution in [1.29, 1.82) is 0 Å². The van der Waals surface area contributed by atoms with Crippen LogP contribution in [0.25, 0.3) is 11.5 Å². The summed E-state index contributed by atoms with van der Waals surface area (Å²) < 4.78 is 7.55. The normalized spacial score (nSPS) is 10.8. The van der Waals surface area contributed by atoms with Crippen molar-refractivity contribution < 1.29 is 4.42 Å². The van der Waals surface area contributed by atoms with Crippen LogP contribution in [0.4, 0.5) is 0 Å². The molecule has 0 saturated heterocycles. The van der Waals surface area contributed by atoms with Crippen LogP contribution in [0.2, 0.25) is 0 Å². The minimum atomic E-state index is 0.761. The maximum atomic E-state index is 5.55. The van der Waals surface area contributed by atoms with Crippen molar-refractivity contribution in [3.05, 3.63) is 60.0 Å². The third kappa shape index (κ3) is 2.17. The van der Waals surface area contributed by atoms with Crippen molar-refractivity contribution in [2.24, 2.45) is 7.05 Å². The highest BCUT2D eigenvalue weighted by Gasteiger charge is 2.15. The number of imidazole rings is 1. The summed E-state index contributed by atoms with van der Waals surface area (Å²) in [5, 5.41) is 0. The van der Waals surface area contributed by atoms with E-state index in [2.05, 4.69) is 22.1 Å². The molecule has 4 nitrogen and oxygen atoms in total. The van der Waals surface area contributed by atoms with Crippen LogP contribution in [0.3, 0.4) is 0 Å². The molecule has 2 heterocycles. The first-order chi connectivity index (χ1) is 9.25. The van der Waals surface area contributed by atoms with E-state index >= 15 is 0 Å². The van der Waals surface area contributed by atoms with E-state index in [0.717, 1.165) is 29.4 Å². The van der Waals surface area contributed by atoms with E-state index in [4.69, 9.17) is 4.42 Å². The zero-order valence-electron chi connectivity index (χ0n) is 11.0. The van der Waals surface area contributed by atoms with E-state index in [-0.39, 0.29) is 0 Å². The summed E-state index contributed by atoms with van der Waals surface area (Å²) >= 11 is 0. The smallest absolute Gasteiger partial charge is 0.181 e. The Balaban J connectivity index is 1.97. The van der Waals surface area contributed by atoms with Gasteiger partial charge in [-0.25, -0.2) is 9.97 Å². The molecule has 96 valence electrons. The predicted octanol–water partition coefficient (Wildman–Crippen LogP) is 2.97. The van der Waals surface area contributed by atoms with Crippen LogP contribution < -0.4 is 0 Å². The number of aryl methyl sites for hydroxylation is 1. The molecule has 19 heavy (non-hydrogen) atoms. The third-order valence-corrected chi connectivity index (χ3v) is 3.31. The molecule has 1 aromatic carbocycles. The van der Waals surface area contributed by atoms with Gasteiger partial charge in [0, 0.05) is 13.5 Å². The minimum absolute atomic E-state index is 0.761. The van der Waals surface area contributed by atoms with Crippen LogP contribution in [0, 0.1) is 6.92 Å². The number of rotatable bonds is 3. The van der Waals surface area contributed by atoms with Gasteiger partial charge in [-0.15, -0.1) is 0 Å². The van der Waals surface area contributed by atoms with Gasteiger partial charge in [-0.2, -0.15) is 0 Å². The first-order valence-corrected chi connectivity index (χ1v) is 6.20. The van der Waals surface area contributed by atoms with Crippen molar-refractivity contribution >= 4 is 0 Å². The fraction of sp³-hybridized carbons (Fsp3) is 0.200. The molecule has 0 bridgehead atoms. The van der Waals surface area contributed by atoms with Gasteiger partial charge in [-0.05, 0) is 12.5 Å². The van der Waals surface area contributed by atoms with E-state index in [9.17, 15) is 0 Å². The van der Waals surface area contributed by atoms with Crippen LogP contribution in [-0.4, -0.2) is 14.5 Å². The molecule has 0 spiro atoms. The summed E-state index contributed by atoms with van der Waals surface area (Å²) in [6.45, 7) is 1.97. The third-order valence-electron chi connectivity index (χ3n) is 3.31. The van der Waals surface area contributed by atoms with Crippen LogP contribution in [0.15, 0.2) is 47.3 Å². The number of hydrogen-bond donors (Lipinski definition) is 0. The van der Waals surface area contributed by atoms with Gasteiger partial charge < -0.3 is 8.98 Å². The van der Waals surface area contributed by atoms with Crippen LogP contribution in [0.5, 0.6) is 0 Å². The SMILES string of the molecule is Cc1ncc(-c2ocnc2Cc2ccccc2)n1C. The average Bonchev–Trinajstić information content (AvgIpc) is 2.99. The second kappa shape index (κ2) is 4.72. The molecule has 2 aromatic heterocycles. The highest BCUT2D eigenvalue weighted by molar-refractivity contribution is 5.55. The molecule has 0 fully saturated rings. The fourth-order valence-electron chi connectivity index (χ4n) is 2.11. The van der Waals surface area contributed by atoms with Gasteiger partial charge in [0.25, 0.3) is 0 Å². The molecule has 0 aliphatic carbocycles. The minimum Gasteiger partial charge on any atom is -0.442 e. The second-order valence-corrected chi connectivity index (χ2v) is 4.54. The molecule has 0 radical (unpaired) electrons. The van der Waals surface area contributed by atoms with Crippen molar-refractivity contribution in [3.63, 3.8) is 0 Å². The van der Waals surface area contributed by atoms with Gasteiger partial charge in [0.05, 0.1) is 11.9 Å². The Morgan fingerprint density at radius 1 is 1.16 bits per heavy atom. The maximum Gasteiger partial charge on any atom is 0.181 e. The van der Waals surface area contributed by atoms with Gasteiger partial charge in [0.1, 0.15) is 11.5 Å². The molecule has 0 saturated carbocycles. The van der Waals surface area contributed by atoms with Crippen LogP contribution in [0.1, 0.15) is 17.1 Å². The number of oxazole rings is 1. The largest absolute Gasteiger partial charge is 0.442 e. The Morgan fingerprint density at radius 3 is 2.63 bits per heavy atom. The summed E-state index contributed by atoms with van der Waals surface area (Å²) in [7, 11) is 1.98. The standard InChI is InChI=1S/C15H15N3O/c1-11-16-9-14(18(11)2)15-13(17-10-19-15)8-12-6-4-3-5-7-12/h3-7,9-10H,8H2,1-2H3. The topological polar surface area (TPSA) is 43.9 Å². The van der Waals surface area contributed by atoms with E-state index in [1.54, 1.807) is 0 Å². The molecule has 0 aliphatic heterocycles. The summed E-state index contributed by atoms with van der Waals surface area (Å²) in [4.78, 5) is 8.63. The molecule has 3 aromatic rings. The quantitative estimate of drug-likeness (QED) is 0.720. The molecule has 0 atom stereocenters. The Labute approximate surface area is 111 Å². The van der Waals surface area contributed by atoms with Gasteiger partial charge >= 0.3 is 0 Å². The number of aromatic nitrogens is 3. The van der Waals surface area contributed by atoms with Crippen molar-refractivity contribution in [1.82, 2.24) is 14.5 Å². The van der Waals surface area contributed by atoms with Gasteiger partial charge in [-0.3, -0.25) is 0 Å². The van der Waals surface area contributed by atoms with E-state index in [1.807, 2.05) is 42.9 Å². The zero-order chi connectivity index (χ0) is 13.2. The first kappa shape index (κ1) is 11.7. The Kier molecular flexibility index (Phi) is 2.91. The molecule has 0 aliphatic rings. The van der Waals surface area contributed by atoms with Crippen LogP contribution >= 0.6 is 0 Å². The molecule has 0 unspecified atom stereocenters. The number of nitrogens with zero attached hydrogens (tertiary/aromatic N) is 3. The molecular weight excluding hydrogens is 238 g/mol. The molecule has 3 rings (SSSR count). The predicted molar refractivity (Wildman–Crippen MR) is 72.7 cm³/mol. The zero-order valence-corrected chi connectivity index (χ0v) is 11.0. The number of benzene rings is 1. The van der Waals surface area contributed by atoms with Crippen molar-refractivity contribution in [2.45, 2.75) is 13.3 Å². The van der Waals surface area contributed by atoms with Gasteiger partial charge in [-0.1, -0.05) is 30.3 Å². The lowest BCUT2D eigenvalue weighted by Crippen LogP contribution is -1.97. The lowest BCUT2D eigenvalue weighted by molar-refractivity contribution is 0.565. The van der Waals surface area contributed by atoms with Gasteiger partial charge in [0.2, 0.25) is 0 Å². The molecule has 0 N–H and O–H groups in total. The van der Waals surface area contributed by atoms with Gasteiger partial charge in [0.15, 0.2) is 12.2 Å². The van der Waals surface area contributed by atoms with E-state index in [0.29, 0.717) is 0 Å². The Morgan fingerprint density at radius 2 is 1.95 bits per heavy atom. The highest BCUT2D eigenvalue weighted by atomic mass is 16.3.